The molecule has 4 nitrogen and oxygen atoms in total. The van der Waals surface area contributed by atoms with E-state index in [1.807, 2.05) is 13.8 Å². The minimum Gasteiger partial charge on any atom is -0.435 e. The molecule has 118 valence electrons. The number of rotatable bonds is 9. The summed E-state index contributed by atoms with van der Waals surface area (Å²) >= 11 is 0. The van der Waals surface area contributed by atoms with Crippen molar-refractivity contribution in [3.8, 4) is 5.75 Å². The molecule has 0 heterocycles. The van der Waals surface area contributed by atoms with Crippen molar-refractivity contribution in [2.24, 2.45) is 5.92 Å². The van der Waals surface area contributed by atoms with Crippen LogP contribution in [0.3, 0.4) is 0 Å². The number of halogens is 2. The lowest BCUT2D eigenvalue weighted by atomic mass is 10.2. The molecule has 1 amide bonds. The summed E-state index contributed by atoms with van der Waals surface area (Å²) in [6, 6.07) is 6.42. The van der Waals surface area contributed by atoms with Gasteiger partial charge in [-0.05, 0) is 23.6 Å². The maximum atomic E-state index is 12.0. The Morgan fingerprint density at radius 1 is 1.24 bits per heavy atom. The first kappa shape index (κ1) is 17.4. The Kier molecular flexibility index (Phi) is 7.68. The van der Waals surface area contributed by atoms with Gasteiger partial charge in [-0.2, -0.15) is 8.78 Å². The van der Waals surface area contributed by atoms with Crippen LogP contribution in [-0.4, -0.2) is 25.6 Å². The number of hydrogen-bond acceptors (Lipinski definition) is 3. The molecule has 0 spiro atoms. The highest BCUT2D eigenvalue weighted by molar-refractivity contribution is 5.76. The largest absolute Gasteiger partial charge is 0.435 e. The van der Waals surface area contributed by atoms with Gasteiger partial charge in [0.15, 0.2) is 0 Å². The van der Waals surface area contributed by atoms with E-state index < -0.39 is 6.61 Å². The van der Waals surface area contributed by atoms with Crippen LogP contribution >= 0.6 is 0 Å². The average molecular weight is 300 g/mol. The first-order valence-electron chi connectivity index (χ1n) is 6.98. The van der Waals surface area contributed by atoms with E-state index >= 15 is 0 Å². The van der Waals surface area contributed by atoms with E-state index in [0.717, 1.165) is 5.56 Å². The van der Waals surface area contributed by atoms with E-state index in [2.05, 4.69) is 15.4 Å². The predicted molar refractivity (Wildman–Crippen MR) is 77.2 cm³/mol. The highest BCUT2D eigenvalue weighted by atomic mass is 19.3. The van der Waals surface area contributed by atoms with Crippen LogP contribution in [0.25, 0.3) is 0 Å². The fourth-order valence-corrected chi connectivity index (χ4v) is 1.63. The van der Waals surface area contributed by atoms with Gasteiger partial charge in [-0.3, -0.25) is 4.79 Å². The summed E-state index contributed by atoms with van der Waals surface area (Å²) in [6.07, 6.45) is 0.416. The SMILES string of the molecule is CC(C)CNC(=O)CCNCc1ccc(OC(F)F)cc1. The molecule has 0 fully saturated rings. The quantitative estimate of drug-likeness (QED) is 0.689. The normalized spacial score (nSPS) is 11.0. The lowest BCUT2D eigenvalue weighted by Crippen LogP contribution is -2.30. The molecule has 6 heteroatoms. The van der Waals surface area contributed by atoms with Crippen LogP contribution in [-0.2, 0) is 11.3 Å². The first-order chi connectivity index (χ1) is 9.97. The topological polar surface area (TPSA) is 50.4 Å². The van der Waals surface area contributed by atoms with Crippen molar-refractivity contribution in [2.45, 2.75) is 33.4 Å². The molecule has 0 aliphatic carbocycles. The number of nitrogens with one attached hydrogen (secondary N) is 2. The minimum atomic E-state index is -2.81. The maximum absolute atomic E-state index is 12.0. The van der Waals surface area contributed by atoms with Crippen LogP contribution < -0.4 is 15.4 Å². The van der Waals surface area contributed by atoms with Gasteiger partial charge in [-0.25, -0.2) is 0 Å². The monoisotopic (exact) mass is 300 g/mol. The van der Waals surface area contributed by atoms with E-state index in [1.54, 1.807) is 12.1 Å². The second-order valence-electron chi connectivity index (χ2n) is 5.15. The molecule has 0 saturated heterocycles. The average Bonchev–Trinajstić information content (AvgIpc) is 2.42. The molecule has 1 aromatic carbocycles. The van der Waals surface area contributed by atoms with Crippen molar-refractivity contribution in [2.75, 3.05) is 13.1 Å². The zero-order valence-corrected chi connectivity index (χ0v) is 12.4. The maximum Gasteiger partial charge on any atom is 0.387 e. The molecule has 0 saturated carbocycles. The van der Waals surface area contributed by atoms with Crippen molar-refractivity contribution in [3.05, 3.63) is 29.8 Å². The Bertz CT molecular complexity index is 422. The van der Waals surface area contributed by atoms with E-state index in [4.69, 9.17) is 0 Å². The zero-order chi connectivity index (χ0) is 15.7. The summed E-state index contributed by atoms with van der Waals surface area (Å²) in [6.45, 7) is 3.11. The van der Waals surface area contributed by atoms with Crippen molar-refractivity contribution in [1.82, 2.24) is 10.6 Å². The lowest BCUT2D eigenvalue weighted by molar-refractivity contribution is -0.121. The molecular weight excluding hydrogens is 278 g/mol. The lowest BCUT2D eigenvalue weighted by Gasteiger charge is -2.09. The molecule has 0 bridgehead atoms. The van der Waals surface area contributed by atoms with Gasteiger partial charge in [0.25, 0.3) is 0 Å². The van der Waals surface area contributed by atoms with Gasteiger partial charge in [0.2, 0.25) is 5.91 Å². The smallest absolute Gasteiger partial charge is 0.387 e. The van der Waals surface area contributed by atoms with Crippen LogP contribution in [0.2, 0.25) is 0 Å². The molecule has 0 aliphatic rings. The Morgan fingerprint density at radius 3 is 2.48 bits per heavy atom. The molecule has 0 aromatic heterocycles. The molecule has 1 aromatic rings. The number of carbonyl (C=O) groups is 1. The fraction of sp³-hybridized carbons (Fsp3) is 0.533. The highest BCUT2D eigenvalue weighted by Crippen LogP contribution is 2.14. The number of alkyl halides is 2. The van der Waals surface area contributed by atoms with Crippen LogP contribution in [0.4, 0.5) is 8.78 Å². The third-order valence-corrected chi connectivity index (χ3v) is 2.71. The summed E-state index contributed by atoms with van der Waals surface area (Å²) in [5.74, 6) is 0.606. The molecule has 0 atom stereocenters. The van der Waals surface area contributed by atoms with Gasteiger partial charge in [-0.1, -0.05) is 26.0 Å². The first-order valence-corrected chi connectivity index (χ1v) is 6.98. The summed E-state index contributed by atoms with van der Waals surface area (Å²) < 4.78 is 28.2. The zero-order valence-electron chi connectivity index (χ0n) is 12.4. The second kappa shape index (κ2) is 9.28. The van der Waals surface area contributed by atoms with E-state index in [-0.39, 0.29) is 11.7 Å². The summed E-state index contributed by atoms with van der Waals surface area (Å²) in [5.41, 5.74) is 0.944. The molecule has 2 N–H and O–H groups in total. The third kappa shape index (κ3) is 8.24. The van der Waals surface area contributed by atoms with Crippen molar-refractivity contribution >= 4 is 5.91 Å². The fourth-order valence-electron chi connectivity index (χ4n) is 1.63. The van der Waals surface area contributed by atoms with Crippen LogP contribution in [0.15, 0.2) is 24.3 Å². The molecule has 0 radical (unpaired) electrons. The molecule has 21 heavy (non-hydrogen) atoms. The third-order valence-electron chi connectivity index (χ3n) is 2.71. The summed E-state index contributed by atoms with van der Waals surface area (Å²) in [7, 11) is 0. The van der Waals surface area contributed by atoms with Gasteiger partial charge in [0, 0.05) is 26.1 Å². The summed E-state index contributed by atoms with van der Waals surface area (Å²) in [4.78, 5) is 11.5. The number of benzene rings is 1. The molecular formula is C15H22F2N2O2. The van der Waals surface area contributed by atoms with Gasteiger partial charge in [0.1, 0.15) is 5.75 Å². The number of carbonyl (C=O) groups excluding carboxylic acids is 1. The Hall–Kier alpha value is -1.69. The van der Waals surface area contributed by atoms with Gasteiger partial charge in [0.05, 0.1) is 0 Å². The van der Waals surface area contributed by atoms with E-state index in [1.165, 1.54) is 12.1 Å². The molecule has 0 unspecified atom stereocenters. The van der Waals surface area contributed by atoms with Gasteiger partial charge < -0.3 is 15.4 Å². The van der Waals surface area contributed by atoms with Crippen molar-refractivity contribution in [1.29, 1.82) is 0 Å². The predicted octanol–water partition coefficient (Wildman–Crippen LogP) is 2.54. The number of amides is 1. The minimum absolute atomic E-state index is 0.0249. The van der Waals surface area contributed by atoms with Crippen LogP contribution in [0.1, 0.15) is 25.8 Å². The highest BCUT2D eigenvalue weighted by Gasteiger charge is 2.04. The summed E-state index contributed by atoms with van der Waals surface area (Å²) in [5, 5.41) is 5.97. The Balaban J connectivity index is 2.19. The van der Waals surface area contributed by atoms with Crippen LogP contribution in [0.5, 0.6) is 5.75 Å². The molecule has 0 aliphatic heterocycles. The molecule has 1 rings (SSSR count). The van der Waals surface area contributed by atoms with Gasteiger partial charge in [-0.15, -0.1) is 0 Å². The Labute approximate surface area is 123 Å². The van der Waals surface area contributed by atoms with E-state index in [0.29, 0.717) is 32.0 Å². The number of hydrogen-bond donors (Lipinski definition) is 2. The van der Waals surface area contributed by atoms with Crippen molar-refractivity contribution < 1.29 is 18.3 Å². The van der Waals surface area contributed by atoms with Crippen molar-refractivity contribution in [3.63, 3.8) is 0 Å². The Morgan fingerprint density at radius 2 is 1.90 bits per heavy atom. The van der Waals surface area contributed by atoms with Crippen LogP contribution in [0, 0.1) is 5.92 Å². The number of ether oxygens (including phenoxy) is 1. The van der Waals surface area contributed by atoms with E-state index in [9.17, 15) is 13.6 Å². The van der Waals surface area contributed by atoms with Gasteiger partial charge >= 0.3 is 6.61 Å². The second-order valence-corrected chi connectivity index (χ2v) is 5.15. The standard InChI is InChI=1S/C15H22F2N2O2/c1-11(2)9-19-14(20)7-8-18-10-12-3-5-13(6-4-12)21-15(16)17/h3-6,11,15,18H,7-10H2,1-2H3,(H,19,20).